The molecule has 1 rings (SSSR count). The molecular formula is C15H22N2O4S. The summed E-state index contributed by atoms with van der Waals surface area (Å²) in [6.07, 6.45) is 0. The third-order valence-corrected chi connectivity index (χ3v) is 3.57. The highest BCUT2D eigenvalue weighted by Gasteiger charge is 2.22. The molecule has 0 spiro atoms. The quantitative estimate of drug-likeness (QED) is 0.808. The molecule has 0 aliphatic heterocycles. The van der Waals surface area contributed by atoms with E-state index in [2.05, 4.69) is 5.32 Å². The molecule has 0 heterocycles. The number of nitrogens with zero attached hydrogens (tertiary/aromatic N) is 1. The van der Waals surface area contributed by atoms with Crippen molar-refractivity contribution in [3.05, 3.63) is 17.7 Å². The molecule has 0 radical (unpaired) electrons. The second-order valence-electron chi connectivity index (χ2n) is 4.34. The lowest BCUT2D eigenvalue weighted by molar-refractivity contribution is 0.0967. The summed E-state index contributed by atoms with van der Waals surface area (Å²) in [5.41, 5.74) is 0.278. The Labute approximate surface area is 136 Å². The van der Waals surface area contributed by atoms with E-state index in [0.717, 1.165) is 0 Å². The highest BCUT2D eigenvalue weighted by Crippen LogP contribution is 2.33. The van der Waals surface area contributed by atoms with Gasteiger partial charge in [0.1, 0.15) is 22.8 Å². The molecule has 1 aromatic carbocycles. The Bertz CT molecular complexity index is 519. The maximum absolute atomic E-state index is 12.5. The van der Waals surface area contributed by atoms with Gasteiger partial charge in [0, 0.05) is 25.2 Å². The van der Waals surface area contributed by atoms with Gasteiger partial charge in [-0.15, -0.1) is 0 Å². The van der Waals surface area contributed by atoms with Gasteiger partial charge >= 0.3 is 0 Å². The fourth-order valence-electron chi connectivity index (χ4n) is 1.98. The van der Waals surface area contributed by atoms with Crippen molar-refractivity contribution in [1.29, 1.82) is 0 Å². The van der Waals surface area contributed by atoms with Gasteiger partial charge in [-0.1, -0.05) is 0 Å². The molecule has 0 atom stereocenters. The number of hydrogen-bond acceptors (Lipinski definition) is 5. The minimum atomic E-state index is -0.381. The molecule has 0 bridgehead atoms. The van der Waals surface area contributed by atoms with Gasteiger partial charge in [-0.25, -0.2) is 0 Å². The number of ether oxygens (including phenoxy) is 3. The maximum Gasteiger partial charge on any atom is 0.264 e. The Morgan fingerprint density at radius 1 is 1.09 bits per heavy atom. The number of carbonyl (C=O) groups is 1. The molecule has 0 aliphatic rings. The summed E-state index contributed by atoms with van der Waals surface area (Å²) in [6, 6.07) is 3.25. The van der Waals surface area contributed by atoms with Crippen molar-refractivity contribution in [3.8, 4) is 17.2 Å². The average molecular weight is 326 g/mol. The summed E-state index contributed by atoms with van der Waals surface area (Å²) in [7, 11) is 4.49. The minimum absolute atomic E-state index is 0.278. The fourth-order valence-corrected chi connectivity index (χ4v) is 2.33. The van der Waals surface area contributed by atoms with Crippen molar-refractivity contribution >= 4 is 23.2 Å². The molecular weight excluding hydrogens is 304 g/mol. The smallest absolute Gasteiger partial charge is 0.264 e. The van der Waals surface area contributed by atoms with E-state index in [1.807, 2.05) is 18.7 Å². The Balaban J connectivity index is 3.14. The van der Waals surface area contributed by atoms with Crippen LogP contribution in [-0.2, 0) is 0 Å². The molecule has 122 valence electrons. The van der Waals surface area contributed by atoms with Gasteiger partial charge < -0.3 is 19.1 Å². The third-order valence-electron chi connectivity index (χ3n) is 3.21. The van der Waals surface area contributed by atoms with Crippen LogP contribution in [0.4, 0.5) is 0 Å². The average Bonchev–Trinajstić information content (AvgIpc) is 2.54. The number of amides is 1. The van der Waals surface area contributed by atoms with Crippen LogP contribution in [0.2, 0.25) is 0 Å². The molecule has 1 aromatic rings. The summed E-state index contributed by atoms with van der Waals surface area (Å²) in [4.78, 5) is 14.4. The lowest BCUT2D eigenvalue weighted by Gasteiger charge is -2.22. The van der Waals surface area contributed by atoms with Crippen LogP contribution >= 0.6 is 12.2 Å². The minimum Gasteiger partial charge on any atom is -0.496 e. The number of hydrogen-bond donors (Lipinski definition) is 1. The van der Waals surface area contributed by atoms with Crippen LogP contribution in [0.25, 0.3) is 0 Å². The second kappa shape index (κ2) is 8.43. The normalized spacial score (nSPS) is 9.86. The summed E-state index contributed by atoms with van der Waals surface area (Å²) in [5.74, 6) is 0.872. The van der Waals surface area contributed by atoms with Crippen molar-refractivity contribution < 1.29 is 19.0 Å². The van der Waals surface area contributed by atoms with E-state index < -0.39 is 0 Å². The van der Waals surface area contributed by atoms with Gasteiger partial charge in [0.25, 0.3) is 5.91 Å². The predicted molar refractivity (Wildman–Crippen MR) is 89.1 cm³/mol. The molecule has 1 amide bonds. The van der Waals surface area contributed by atoms with Crippen LogP contribution in [-0.4, -0.2) is 50.3 Å². The zero-order chi connectivity index (χ0) is 16.7. The predicted octanol–water partition coefficient (Wildman–Crippen LogP) is 2.07. The van der Waals surface area contributed by atoms with Crippen molar-refractivity contribution in [2.24, 2.45) is 0 Å². The second-order valence-corrected chi connectivity index (χ2v) is 4.73. The molecule has 0 saturated carbocycles. The van der Waals surface area contributed by atoms with E-state index in [4.69, 9.17) is 26.4 Å². The number of benzene rings is 1. The summed E-state index contributed by atoms with van der Waals surface area (Å²) in [6.45, 7) is 5.37. The molecule has 22 heavy (non-hydrogen) atoms. The summed E-state index contributed by atoms with van der Waals surface area (Å²) in [5, 5.41) is 3.07. The van der Waals surface area contributed by atoms with Gasteiger partial charge in [0.2, 0.25) is 0 Å². The Morgan fingerprint density at radius 3 is 1.95 bits per heavy atom. The van der Waals surface area contributed by atoms with E-state index in [1.165, 1.54) is 21.3 Å². The standard InChI is InChI=1S/C15H22N2O4S/c1-6-17(7-2)15(22)16-14(18)13-11(20-4)8-10(19-3)9-12(13)21-5/h8-9H,6-7H2,1-5H3,(H,16,18,22). The van der Waals surface area contributed by atoms with Gasteiger partial charge in [-0.2, -0.15) is 0 Å². The SMILES string of the molecule is CCN(CC)C(=S)NC(=O)c1c(OC)cc(OC)cc1OC. The Hall–Kier alpha value is -2.02. The molecule has 7 heteroatoms. The van der Waals surface area contributed by atoms with Gasteiger partial charge in [0.15, 0.2) is 5.11 Å². The molecule has 0 aliphatic carbocycles. The largest absolute Gasteiger partial charge is 0.496 e. The first kappa shape index (κ1) is 18.0. The van der Waals surface area contributed by atoms with Gasteiger partial charge in [-0.05, 0) is 26.1 Å². The molecule has 1 N–H and O–H groups in total. The van der Waals surface area contributed by atoms with Crippen molar-refractivity contribution in [2.45, 2.75) is 13.8 Å². The Kier molecular flexibility index (Phi) is 6.91. The maximum atomic E-state index is 12.5. The van der Waals surface area contributed by atoms with Crippen molar-refractivity contribution in [1.82, 2.24) is 10.2 Å². The molecule has 6 nitrogen and oxygen atoms in total. The van der Waals surface area contributed by atoms with E-state index >= 15 is 0 Å². The van der Waals surface area contributed by atoms with Crippen LogP contribution in [0, 0.1) is 0 Å². The fraction of sp³-hybridized carbons (Fsp3) is 0.467. The van der Waals surface area contributed by atoms with Crippen molar-refractivity contribution in [3.63, 3.8) is 0 Å². The topological polar surface area (TPSA) is 60.0 Å². The molecule has 0 fully saturated rings. The first-order chi connectivity index (χ1) is 10.5. The van der Waals surface area contributed by atoms with E-state index in [0.29, 0.717) is 35.5 Å². The molecule has 0 unspecified atom stereocenters. The number of carbonyl (C=O) groups excluding carboxylic acids is 1. The monoisotopic (exact) mass is 326 g/mol. The first-order valence-electron chi connectivity index (χ1n) is 6.92. The van der Waals surface area contributed by atoms with Crippen LogP contribution < -0.4 is 19.5 Å². The zero-order valence-corrected chi connectivity index (χ0v) is 14.4. The molecule has 0 aromatic heterocycles. The number of methoxy groups -OCH3 is 3. The lowest BCUT2D eigenvalue weighted by atomic mass is 10.1. The lowest BCUT2D eigenvalue weighted by Crippen LogP contribution is -2.42. The van der Waals surface area contributed by atoms with Crippen LogP contribution in [0.3, 0.4) is 0 Å². The summed E-state index contributed by atoms with van der Waals surface area (Å²) < 4.78 is 15.7. The van der Waals surface area contributed by atoms with Crippen molar-refractivity contribution in [2.75, 3.05) is 34.4 Å². The zero-order valence-electron chi connectivity index (χ0n) is 13.6. The highest BCUT2D eigenvalue weighted by atomic mass is 32.1. The van der Waals surface area contributed by atoms with Crippen LogP contribution in [0.5, 0.6) is 17.2 Å². The van der Waals surface area contributed by atoms with E-state index in [1.54, 1.807) is 12.1 Å². The number of thiocarbonyl (C=S) groups is 1. The van der Waals surface area contributed by atoms with E-state index in [9.17, 15) is 4.79 Å². The van der Waals surface area contributed by atoms with Crippen LogP contribution in [0.1, 0.15) is 24.2 Å². The third kappa shape index (κ3) is 4.00. The van der Waals surface area contributed by atoms with Gasteiger partial charge in [0.05, 0.1) is 21.3 Å². The number of rotatable bonds is 6. The first-order valence-corrected chi connectivity index (χ1v) is 7.33. The number of nitrogens with one attached hydrogen (secondary N) is 1. The highest BCUT2D eigenvalue weighted by molar-refractivity contribution is 7.80. The molecule has 0 saturated heterocycles. The Morgan fingerprint density at radius 2 is 1.59 bits per heavy atom. The van der Waals surface area contributed by atoms with Crippen LogP contribution in [0.15, 0.2) is 12.1 Å². The summed E-state index contributed by atoms with van der Waals surface area (Å²) >= 11 is 5.25. The van der Waals surface area contributed by atoms with Gasteiger partial charge in [-0.3, -0.25) is 10.1 Å². The van der Waals surface area contributed by atoms with E-state index in [-0.39, 0.29) is 11.5 Å².